The predicted octanol–water partition coefficient (Wildman–Crippen LogP) is 5.45. The molecule has 1 unspecified atom stereocenters. The number of hydrogen-bond donors (Lipinski definition) is 0. The van der Waals surface area contributed by atoms with Crippen molar-refractivity contribution in [1.82, 2.24) is 4.57 Å². The molecule has 0 N–H and O–H groups in total. The van der Waals surface area contributed by atoms with Crippen molar-refractivity contribution >= 4 is 21.8 Å². The smallest absolute Gasteiger partial charge is 0.168 e. The van der Waals surface area contributed by atoms with E-state index >= 15 is 0 Å². The molecular formula is C19H23NO2. The lowest BCUT2D eigenvalue weighted by Gasteiger charge is -2.24. The minimum absolute atomic E-state index is 0.149. The first-order chi connectivity index (χ1) is 10.5. The Hall–Kier alpha value is -1.84. The van der Waals surface area contributed by atoms with Gasteiger partial charge in [-0.3, -0.25) is 0 Å². The van der Waals surface area contributed by atoms with Crippen LogP contribution >= 0.6 is 0 Å². The van der Waals surface area contributed by atoms with Crippen LogP contribution in [-0.4, -0.2) is 10.2 Å². The molecule has 0 radical (unpaired) electrons. The van der Waals surface area contributed by atoms with E-state index in [2.05, 4.69) is 60.0 Å². The Morgan fingerprint density at radius 2 is 1.41 bits per heavy atom. The van der Waals surface area contributed by atoms with Gasteiger partial charge in [0.25, 0.3) is 0 Å². The fourth-order valence-corrected chi connectivity index (χ4v) is 2.76. The van der Waals surface area contributed by atoms with E-state index in [1.807, 2.05) is 20.8 Å². The Bertz CT molecular complexity index is 730. The second-order valence-electron chi connectivity index (χ2n) is 6.56. The van der Waals surface area contributed by atoms with Gasteiger partial charge in [0, 0.05) is 10.8 Å². The minimum Gasteiger partial charge on any atom is -0.311 e. The number of hydrogen-bond acceptors (Lipinski definition) is 2. The lowest BCUT2D eigenvalue weighted by Crippen LogP contribution is -2.23. The lowest BCUT2D eigenvalue weighted by atomic mass is 10.2. The molecule has 0 spiro atoms. The van der Waals surface area contributed by atoms with Crippen LogP contribution in [0.5, 0.6) is 0 Å². The molecule has 1 aromatic heterocycles. The largest absolute Gasteiger partial charge is 0.311 e. The Morgan fingerprint density at radius 3 is 1.86 bits per heavy atom. The molecular weight excluding hydrogens is 274 g/mol. The molecule has 3 heteroatoms. The molecule has 1 atom stereocenters. The molecule has 0 saturated heterocycles. The number of fused-ring (bicyclic) bond motifs is 3. The summed E-state index contributed by atoms with van der Waals surface area (Å²) < 4.78 is 2.23. The van der Waals surface area contributed by atoms with Gasteiger partial charge in [0.05, 0.1) is 16.6 Å². The number of aromatic nitrogens is 1. The first-order valence-electron chi connectivity index (χ1n) is 7.83. The summed E-state index contributed by atoms with van der Waals surface area (Å²) in [5, 5.41) is 2.49. The first-order valence-corrected chi connectivity index (χ1v) is 7.83. The summed E-state index contributed by atoms with van der Waals surface area (Å²) in [6.45, 7) is 8.09. The standard InChI is InChI=1S/C19H23NO2/c1-5-18(21-22-19(2,3)4)20-16-12-8-6-10-14(16)15-11-7-9-13-17(15)20/h6-13,18H,5H2,1-4H3. The van der Waals surface area contributed by atoms with Crippen LogP contribution in [-0.2, 0) is 9.78 Å². The van der Waals surface area contributed by atoms with Crippen molar-refractivity contribution in [3.8, 4) is 0 Å². The molecule has 0 fully saturated rings. The number of benzene rings is 2. The summed E-state index contributed by atoms with van der Waals surface area (Å²) in [5.41, 5.74) is 2.02. The van der Waals surface area contributed by atoms with E-state index in [0.29, 0.717) is 0 Å². The summed E-state index contributed by atoms with van der Waals surface area (Å²) in [7, 11) is 0. The lowest BCUT2D eigenvalue weighted by molar-refractivity contribution is -0.388. The van der Waals surface area contributed by atoms with Crippen LogP contribution < -0.4 is 0 Å². The van der Waals surface area contributed by atoms with Gasteiger partial charge >= 0.3 is 0 Å². The zero-order valence-corrected chi connectivity index (χ0v) is 13.7. The van der Waals surface area contributed by atoms with Gasteiger partial charge in [-0.1, -0.05) is 43.3 Å². The van der Waals surface area contributed by atoms with E-state index in [0.717, 1.165) is 6.42 Å². The summed E-state index contributed by atoms with van der Waals surface area (Å²) in [5.74, 6) is 0. The second kappa shape index (κ2) is 5.75. The van der Waals surface area contributed by atoms with Crippen molar-refractivity contribution < 1.29 is 9.78 Å². The zero-order valence-electron chi connectivity index (χ0n) is 13.7. The number of para-hydroxylation sites is 2. The van der Waals surface area contributed by atoms with Crippen LogP contribution in [0.2, 0.25) is 0 Å². The average Bonchev–Trinajstić information content (AvgIpc) is 2.82. The summed E-state index contributed by atoms with van der Waals surface area (Å²) in [4.78, 5) is 11.4. The molecule has 116 valence electrons. The highest BCUT2D eigenvalue weighted by Crippen LogP contribution is 2.33. The van der Waals surface area contributed by atoms with Gasteiger partial charge in [-0.15, -0.1) is 0 Å². The van der Waals surface area contributed by atoms with Crippen molar-refractivity contribution in [2.75, 3.05) is 0 Å². The van der Waals surface area contributed by atoms with Crippen LogP contribution in [0.15, 0.2) is 48.5 Å². The topological polar surface area (TPSA) is 23.4 Å². The maximum atomic E-state index is 5.78. The third-order valence-corrected chi connectivity index (χ3v) is 3.66. The highest BCUT2D eigenvalue weighted by Gasteiger charge is 2.21. The predicted molar refractivity (Wildman–Crippen MR) is 90.7 cm³/mol. The quantitative estimate of drug-likeness (QED) is 0.472. The normalized spacial score (nSPS) is 13.8. The molecule has 2 aromatic carbocycles. The molecule has 1 heterocycles. The summed E-state index contributed by atoms with van der Waals surface area (Å²) in [6.07, 6.45) is 0.683. The second-order valence-corrected chi connectivity index (χ2v) is 6.56. The Balaban J connectivity index is 2.14. The molecule has 0 aliphatic carbocycles. The van der Waals surface area contributed by atoms with E-state index in [4.69, 9.17) is 9.78 Å². The molecule has 3 rings (SSSR count). The molecule has 0 aliphatic rings. The highest BCUT2D eigenvalue weighted by molar-refractivity contribution is 6.08. The van der Waals surface area contributed by atoms with Gasteiger partial charge in [-0.05, 0) is 39.3 Å². The third kappa shape index (κ3) is 2.74. The minimum atomic E-state index is -0.327. The van der Waals surface area contributed by atoms with Gasteiger partial charge in [-0.2, -0.15) is 0 Å². The average molecular weight is 297 g/mol. The van der Waals surface area contributed by atoms with Gasteiger partial charge in [0.15, 0.2) is 6.23 Å². The van der Waals surface area contributed by atoms with Crippen LogP contribution in [0.4, 0.5) is 0 Å². The van der Waals surface area contributed by atoms with Crippen molar-refractivity contribution in [1.29, 1.82) is 0 Å². The van der Waals surface area contributed by atoms with Crippen LogP contribution in [0.1, 0.15) is 40.3 Å². The van der Waals surface area contributed by atoms with E-state index in [1.165, 1.54) is 21.8 Å². The van der Waals surface area contributed by atoms with Crippen LogP contribution in [0.3, 0.4) is 0 Å². The van der Waals surface area contributed by atoms with Crippen molar-refractivity contribution in [2.45, 2.75) is 45.9 Å². The third-order valence-electron chi connectivity index (χ3n) is 3.66. The van der Waals surface area contributed by atoms with Gasteiger partial charge in [0.1, 0.15) is 0 Å². The SMILES string of the molecule is CCC(OOC(C)(C)C)n1c2ccccc2c2ccccc21. The Kier molecular flexibility index (Phi) is 3.94. The van der Waals surface area contributed by atoms with E-state index in [9.17, 15) is 0 Å². The highest BCUT2D eigenvalue weighted by atomic mass is 17.2. The van der Waals surface area contributed by atoms with Gasteiger partial charge in [-0.25, -0.2) is 9.78 Å². The molecule has 3 nitrogen and oxygen atoms in total. The fraction of sp³-hybridized carbons (Fsp3) is 0.368. The molecule has 0 saturated carbocycles. The molecule has 3 aromatic rings. The van der Waals surface area contributed by atoms with Gasteiger partial charge in [0.2, 0.25) is 0 Å². The summed E-state index contributed by atoms with van der Waals surface area (Å²) >= 11 is 0. The van der Waals surface area contributed by atoms with E-state index in [-0.39, 0.29) is 11.8 Å². The van der Waals surface area contributed by atoms with E-state index in [1.54, 1.807) is 0 Å². The van der Waals surface area contributed by atoms with Crippen LogP contribution in [0.25, 0.3) is 21.8 Å². The first kappa shape index (κ1) is 15.1. The van der Waals surface area contributed by atoms with E-state index < -0.39 is 0 Å². The fourth-order valence-electron chi connectivity index (χ4n) is 2.76. The Morgan fingerprint density at radius 1 is 0.909 bits per heavy atom. The molecule has 0 bridgehead atoms. The molecule has 22 heavy (non-hydrogen) atoms. The van der Waals surface area contributed by atoms with Crippen LogP contribution in [0, 0.1) is 0 Å². The van der Waals surface area contributed by atoms with Crippen molar-refractivity contribution in [2.24, 2.45) is 0 Å². The monoisotopic (exact) mass is 297 g/mol. The van der Waals surface area contributed by atoms with Gasteiger partial charge < -0.3 is 4.57 Å². The summed E-state index contributed by atoms with van der Waals surface area (Å²) in [6, 6.07) is 16.9. The molecule has 0 aliphatic heterocycles. The maximum absolute atomic E-state index is 5.78. The zero-order chi connectivity index (χ0) is 15.7. The van der Waals surface area contributed by atoms with Crippen molar-refractivity contribution in [3.63, 3.8) is 0 Å². The maximum Gasteiger partial charge on any atom is 0.168 e. The number of nitrogens with zero attached hydrogens (tertiary/aromatic N) is 1. The Labute approximate surface area is 131 Å². The molecule has 0 amide bonds. The number of rotatable bonds is 4. The van der Waals surface area contributed by atoms with Crippen molar-refractivity contribution in [3.05, 3.63) is 48.5 Å².